The van der Waals surface area contributed by atoms with E-state index in [1.807, 2.05) is 17.9 Å². The van der Waals surface area contributed by atoms with E-state index in [1.54, 1.807) is 0 Å². The van der Waals surface area contributed by atoms with Crippen molar-refractivity contribution in [1.82, 2.24) is 9.78 Å². The van der Waals surface area contributed by atoms with E-state index in [0.29, 0.717) is 0 Å². The Hall–Kier alpha value is -0.830. The third kappa shape index (κ3) is 2.23. The van der Waals surface area contributed by atoms with E-state index in [1.165, 1.54) is 24.8 Å². The van der Waals surface area contributed by atoms with Crippen molar-refractivity contribution in [1.29, 1.82) is 0 Å². The smallest absolute Gasteiger partial charge is 0.0540 e. The predicted octanol–water partition coefficient (Wildman–Crippen LogP) is 2.17. The number of hydrogen-bond acceptors (Lipinski definition) is 2. The monoisotopic (exact) mass is 207 g/mol. The van der Waals surface area contributed by atoms with Crippen LogP contribution in [0.5, 0.6) is 0 Å². The average Bonchev–Trinajstić information content (AvgIpc) is 2.55. The van der Waals surface area contributed by atoms with Gasteiger partial charge in [0, 0.05) is 24.3 Å². The molecule has 2 rings (SSSR count). The zero-order valence-electron chi connectivity index (χ0n) is 9.74. The summed E-state index contributed by atoms with van der Waals surface area (Å²) in [5.74, 6) is 0.826. The molecule has 3 nitrogen and oxygen atoms in total. The Bertz CT molecular complexity index is 331. The van der Waals surface area contributed by atoms with Gasteiger partial charge < -0.3 is 5.73 Å². The second kappa shape index (κ2) is 3.97. The summed E-state index contributed by atoms with van der Waals surface area (Å²) < 4.78 is 1.85. The van der Waals surface area contributed by atoms with Crippen LogP contribution in [0.1, 0.15) is 44.6 Å². The normalized spacial score (nSPS) is 32.6. The van der Waals surface area contributed by atoms with Gasteiger partial charge in [-0.1, -0.05) is 19.8 Å². The van der Waals surface area contributed by atoms with Crippen LogP contribution in [-0.4, -0.2) is 9.78 Å². The second-order valence-electron chi connectivity index (χ2n) is 5.09. The molecule has 0 amide bonds. The van der Waals surface area contributed by atoms with Crippen LogP contribution in [0.3, 0.4) is 0 Å². The minimum absolute atomic E-state index is 0.126. The predicted molar refractivity (Wildman–Crippen MR) is 61.3 cm³/mol. The molecule has 1 saturated carbocycles. The van der Waals surface area contributed by atoms with Gasteiger partial charge in [-0.25, -0.2) is 0 Å². The Morgan fingerprint density at radius 2 is 2.27 bits per heavy atom. The summed E-state index contributed by atoms with van der Waals surface area (Å²) in [7, 11) is 1.95. The minimum Gasteiger partial charge on any atom is -0.321 e. The molecular weight excluding hydrogens is 186 g/mol. The van der Waals surface area contributed by atoms with Gasteiger partial charge in [-0.3, -0.25) is 4.68 Å². The number of hydrogen-bond donors (Lipinski definition) is 1. The zero-order chi connectivity index (χ0) is 10.9. The maximum Gasteiger partial charge on any atom is 0.0540 e. The topological polar surface area (TPSA) is 43.8 Å². The van der Waals surface area contributed by atoms with Crippen molar-refractivity contribution >= 4 is 0 Å². The number of aromatic nitrogens is 2. The Kier molecular flexibility index (Phi) is 2.83. The Morgan fingerprint density at radius 3 is 2.93 bits per heavy atom. The lowest BCUT2D eigenvalue weighted by Gasteiger charge is -2.26. The van der Waals surface area contributed by atoms with Gasteiger partial charge in [0.1, 0.15) is 0 Å². The lowest BCUT2D eigenvalue weighted by molar-refractivity contribution is 0.378. The van der Waals surface area contributed by atoms with Gasteiger partial charge in [0.2, 0.25) is 0 Å². The molecule has 0 aromatic carbocycles. The van der Waals surface area contributed by atoms with Crippen molar-refractivity contribution in [2.75, 3.05) is 0 Å². The summed E-state index contributed by atoms with van der Waals surface area (Å²) in [6.45, 7) is 2.33. The van der Waals surface area contributed by atoms with Crippen molar-refractivity contribution in [2.45, 2.75) is 44.6 Å². The Labute approximate surface area is 91.7 Å². The first kappa shape index (κ1) is 10.7. The molecule has 1 aromatic heterocycles. The molecule has 1 heterocycles. The molecule has 84 valence electrons. The standard InChI is InChI=1S/C12H21N3/c1-10-4-3-6-12(13,7-5-10)11-8-14-15(2)9-11/h8-10H,3-7,13H2,1-2H3. The van der Waals surface area contributed by atoms with Crippen LogP contribution in [0.4, 0.5) is 0 Å². The fraction of sp³-hybridized carbons (Fsp3) is 0.750. The molecule has 0 spiro atoms. The zero-order valence-corrected chi connectivity index (χ0v) is 9.74. The highest BCUT2D eigenvalue weighted by molar-refractivity contribution is 5.17. The van der Waals surface area contributed by atoms with Crippen molar-refractivity contribution in [3.63, 3.8) is 0 Å². The van der Waals surface area contributed by atoms with Crippen LogP contribution >= 0.6 is 0 Å². The highest BCUT2D eigenvalue weighted by Crippen LogP contribution is 2.35. The van der Waals surface area contributed by atoms with Crippen LogP contribution < -0.4 is 5.73 Å². The molecule has 0 radical (unpaired) electrons. The van der Waals surface area contributed by atoms with Gasteiger partial charge in [0.05, 0.1) is 6.20 Å². The largest absolute Gasteiger partial charge is 0.321 e. The number of nitrogens with two attached hydrogens (primary N) is 1. The Morgan fingerprint density at radius 1 is 1.47 bits per heavy atom. The van der Waals surface area contributed by atoms with E-state index >= 15 is 0 Å². The SMILES string of the molecule is CC1CCCC(N)(c2cnn(C)c2)CC1. The third-order valence-electron chi connectivity index (χ3n) is 3.68. The van der Waals surface area contributed by atoms with E-state index in [4.69, 9.17) is 5.73 Å². The van der Waals surface area contributed by atoms with Crippen LogP contribution in [-0.2, 0) is 12.6 Å². The lowest BCUT2D eigenvalue weighted by Crippen LogP contribution is -2.35. The highest BCUT2D eigenvalue weighted by atomic mass is 15.2. The van der Waals surface area contributed by atoms with Crippen molar-refractivity contribution in [2.24, 2.45) is 18.7 Å². The van der Waals surface area contributed by atoms with Gasteiger partial charge >= 0.3 is 0 Å². The van der Waals surface area contributed by atoms with Crippen molar-refractivity contribution < 1.29 is 0 Å². The molecule has 2 N–H and O–H groups in total. The molecule has 15 heavy (non-hydrogen) atoms. The molecule has 1 fully saturated rings. The van der Waals surface area contributed by atoms with E-state index in [2.05, 4.69) is 18.2 Å². The molecule has 0 aliphatic heterocycles. The van der Waals surface area contributed by atoms with Crippen molar-refractivity contribution in [3.05, 3.63) is 18.0 Å². The summed E-state index contributed by atoms with van der Waals surface area (Å²) in [5.41, 5.74) is 7.58. The molecule has 1 aromatic rings. The molecule has 1 aliphatic rings. The molecule has 0 saturated heterocycles. The summed E-state index contributed by atoms with van der Waals surface area (Å²) in [4.78, 5) is 0. The molecule has 3 heteroatoms. The van der Waals surface area contributed by atoms with Gasteiger partial charge in [0.15, 0.2) is 0 Å². The lowest BCUT2D eigenvalue weighted by atomic mass is 9.85. The minimum atomic E-state index is -0.126. The average molecular weight is 207 g/mol. The van der Waals surface area contributed by atoms with E-state index < -0.39 is 0 Å². The highest BCUT2D eigenvalue weighted by Gasteiger charge is 2.30. The van der Waals surface area contributed by atoms with Crippen LogP contribution in [0.25, 0.3) is 0 Å². The number of rotatable bonds is 1. The fourth-order valence-corrected chi connectivity index (χ4v) is 2.51. The van der Waals surface area contributed by atoms with E-state index in [0.717, 1.165) is 18.8 Å². The summed E-state index contributed by atoms with van der Waals surface area (Å²) in [5, 5.41) is 4.22. The van der Waals surface area contributed by atoms with Gasteiger partial charge in [0.25, 0.3) is 0 Å². The first-order valence-corrected chi connectivity index (χ1v) is 5.88. The van der Waals surface area contributed by atoms with E-state index in [9.17, 15) is 0 Å². The van der Waals surface area contributed by atoms with Crippen LogP contribution in [0, 0.1) is 5.92 Å². The van der Waals surface area contributed by atoms with Gasteiger partial charge in [-0.2, -0.15) is 5.10 Å². The fourth-order valence-electron chi connectivity index (χ4n) is 2.51. The van der Waals surface area contributed by atoms with Crippen molar-refractivity contribution in [3.8, 4) is 0 Å². The second-order valence-corrected chi connectivity index (χ2v) is 5.09. The maximum atomic E-state index is 6.50. The summed E-state index contributed by atoms with van der Waals surface area (Å²) >= 11 is 0. The Balaban J connectivity index is 2.18. The molecule has 0 bridgehead atoms. The van der Waals surface area contributed by atoms with Crippen LogP contribution in [0.2, 0.25) is 0 Å². The van der Waals surface area contributed by atoms with Gasteiger partial charge in [-0.05, 0) is 25.2 Å². The molecule has 2 atom stereocenters. The first-order chi connectivity index (χ1) is 7.10. The van der Waals surface area contributed by atoms with E-state index in [-0.39, 0.29) is 5.54 Å². The number of nitrogens with zero attached hydrogens (tertiary/aromatic N) is 2. The maximum absolute atomic E-state index is 6.50. The molecular formula is C12H21N3. The van der Waals surface area contributed by atoms with Crippen LogP contribution in [0.15, 0.2) is 12.4 Å². The third-order valence-corrected chi connectivity index (χ3v) is 3.68. The number of aryl methyl sites for hydroxylation is 1. The first-order valence-electron chi connectivity index (χ1n) is 5.88. The molecule has 2 unspecified atom stereocenters. The van der Waals surface area contributed by atoms with Gasteiger partial charge in [-0.15, -0.1) is 0 Å². The summed E-state index contributed by atoms with van der Waals surface area (Å²) in [6.07, 6.45) is 9.99. The quantitative estimate of drug-likeness (QED) is 0.717. The summed E-state index contributed by atoms with van der Waals surface area (Å²) in [6, 6.07) is 0. The molecule has 1 aliphatic carbocycles.